The molecule has 1 saturated heterocycles. The Balaban J connectivity index is 1.64. The van der Waals surface area contributed by atoms with Crippen molar-refractivity contribution < 1.29 is 9.21 Å². The van der Waals surface area contributed by atoms with Gasteiger partial charge in [-0.2, -0.15) is 0 Å². The van der Waals surface area contributed by atoms with Crippen molar-refractivity contribution in [3.8, 4) is 22.8 Å². The summed E-state index contributed by atoms with van der Waals surface area (Å²) in [5, 5.41) is 0. The van der Waals surface area contributed by atoms with Crippen LogP contribution < -0.4 is 5.73 Å². The van der Waals surface area contributed by atoms with E-state index in [0.717, 1.165) is 12.0 Å². The number of aryl methyl sites for hydroxylation is 1. The number of rotatable bonds is 3. The summed E-state index contributed by atoms with van der Waals surface area (Å²) in [6.45, 7) is 7.58. The van der Waals surface area contributed by atoms with Crippen LogP contribution in [0.1, 0.15) is 36.2 Å². The third-order valence-electron chi connectivity index (χ3n) is 5.83. The van der Waals surface area contributed by atoms with Crippen LogP contribution in [0.25, 0.3) is 22.8 Å². The van der Waals surface area contributed by atoms with Gasteiger partial charge in [0.2, 0.25) is 5.89 Å². The number of nitrogens with two attached hydrogens (primary N) is 1. The van der Waals surface area contributed by atoms with E-state index < -0.39 is 0 Å². The second kappa shape index (κ2) is 7.48. The van der Waals surface area contributed by atoms with Crippen LogP contribution in [-0.4, -0.2) is 34.9 Å². The summed E-state index contributed by atoms with van der Waals surface area (Å²) in [7, 11) is 0. The largest absolute Gasteiger partial charge is 0.436 e. The lowest BCUT2D eigenvalue weighted by Gasteiger charge is -2.42. The molecule has 2 aromatic carbocycles. The Labute approximate surface area is 171 Å². The molecule has 0 radical (unpaired) electrons. The standard InChI is InChI=1S/C24H27N3O2/c1-16-8-10-17(11-9-16)20-14-26-22(29-20)18-6-4-5-7-19(18)23(28)27-13-12-21(25)24(2,3)15-27/h4-11,14,21H,12-13,15,25H2,1-3H3. The normalized spacial score (nSPS) is 18.6. The van der Waals surface area contributed by atoms with E-state index in [9.17, 15) is 4.79 Å². The first-order valence-corrected chi connectivity index (χ1v) is 10.0. The highest BCUT2D eigenvalue weighted by molar-refractivity contribution is 6.00. The van der Waals surface area contributed by atoms with E-state index in [0.29, 0.717) is 35.9 Å². The quantitative estimate of drug-likeness (QED) is 0.715. The highest BCUT2D eigenvalue weighted by Crippen LogP contribution is 2.32. The molecule has 5 heteroatoms. The summed E-state index contributed by atoms with van der Waals surface area (Å²) < 4.78 is 6.03. The van der Waals surface area contributed by atoms with Crippen molar-refractivity contribution in [2.24, 2.45) is 11.1 Å². The Morgan fingerprint density at radius 2 is 1.90 bits per heavy atom. The van der Waals surface area contributed by atoms with Crippen LogP contribution in [0.4, 0.5) is 0 Å². The number of oxazole rings is 1. The summed E-state index contributed by atoms with van der Waals surface area (Å²) in [6.07, 6.45) is 2.52. The van der Waals surface area contributed by atoms with Crippen LogP contribution in [0.5, 0.6) is 0 Å². The number of carbonyl (C=O) groups excluding carboxylic acids is 1. The number of hydrogen-bond donors (Lipinski definition) is 1. The lowest BCUT2D eigenvalue weighted by Crippen LogP contribution is -2.54. The van der Waals surface area contributed by atoms with Gasteiger partial charge in [0.05, 0.1) is 11.8 Å². The predicted octanol–water partition coefficient (Wildman–Crippen LogP) is 4.52. The maximum atomic E-state index is 13.3. The molecule has 1 amide bonds. The Bertz CT molecular complexity index is 1020. The average Bonchev–Trinajstić information content (AvgIpc) is 3.20. The van der Waals surface area contributed by atoms with E-state index in [1.54, 1.807) is 6.20 Å². The number of nitrogens with zero attached hydrogens (tertiary/aromatic N) is 2. The first-order chi connectivity index (χ1) is 13.8. The van der Waals surface area contributed by atoms with E-state index >= 15 is 0 Å². The van der Waals surface area contributed by atoms with Gasteiger partial charge in [0.25, 0.3) is 5.91 Å². The van der Waals surface area contributed by atoms with E-state index in [1.807, 2.05) is 60.4 Å². The Morgan fingerprint density at radius 1 is 1.17 bits per heavy atom. The molecule has 5 nitrogen and oxygen atoms in total. The maximum Gasteiger partial charge on any atom is 0.254 e. The third kappa shape index (κ3) is 3.83. The fourth-order valence-corrected chi connectivity index (χ4v) is 3.82. The van der Waals surface area contributed by atoms with Crippen LogP contribution >= 0.6 is 0 Å². The molecule has 150 valence electrons. The number of amides is 1. The molecule has 4 rings (SSSR count). The number of carbonyl (C=O) groups is 1. The number of aromatic nitrogens is 1. The lowest BCUT2D eigenvalue weighted by molar-refractivity contribution is 0.0533. The number of hydrogen-bond acceptors (Lipinski definition) is 4. The van der Waals surface area contributed by atoms with E-state index in [4.69, 9.17) is 10.2 Å². The molecule has 1 fully saturated rings. The number of benzene rings is 2. The third-order valence-corrected chi connectivity index (χ3v) is 5.83. The molecular formula is C24H27N3O2. The first-order valence-electron chi connectivity index (χ1n) is 10.0. The van der Waals surface area contributed by atoms with Gasteiger partial charge in [-0.05, 0) is 30.9 Å². The molecule has 2 N–H and O–H groups in total. The molecule has 2 heterocycles. The topological polar surface area (TPSA) is 72.4 Å². The minimum atomic E-state index is -0.107. The van der Waals surface area contributed by atoms with Crippen molar-refractivity contribution >= 4 is 5.91 Å². The monoisotopic (exact) mass is 389 g/mol. The molecule has 1 unspecified atom stereocenters. The highest BCUT2D eigenvalue weighted by Gasteiger charge is 2.36. The molecule has 0 bridgehead atoms. The minimum absolute atomic E-state index is 0.00402. The highest BCUT2D eigenvalue weighted by atomic mass is 16.4. The second-order valence-electron chi connectivity index (χ2n) is 8.55. The van der Waals surface area contributed by atoms with Gasteiger partial charge >= 0.3 is 0 Å². The van der Waals surface area contributed by atoms with Gasteiger partial charge in [0, 0.05) is 30.3 Å². The van der Waals surface area contributed by atoms with Gasteiger partial charge in [-0.25, -0.2) is 4.98 Å². The molecule has 3 aromatic rings. The minimum Gasteiger partial charge on any atom is -0.436 e. The maximum absolute atomic E-state index is 13.3. The molecule has 1 aliphatic rings. The van der Waals surface area contributed by atoms with Crippen molar-refractivity contribution in [3.63, 3.8) is 0 Å². The SMILES string of the molecule is Cc1ccc(-c2cnc(-c3ccccc3C(=O)N3CCC(N)C(C)(C)C3)o2)cc1. The van der Waals surface area contributed by atoms with Crippen LogP contribution in [0.2, 0.25) is 0 Å². The molecule has 1 atom stereocenters. The van der Waals surface area contributed by atoms with Crippen LogP contribution in [0.3, 0.4) is 0 Å². The Morgan fingerprint density at radius 3 is 2.62 bits per heavy atom. The molecule has 0 aliphatic carbocycles. The van der Waals surface area contributed by atoms with Crippen molar-refractivity contribution in [1.29, 1.82) is 0 Å². The smallest absolute Gasteiger partial charge is 0.254 e. The van der Waals surface area contributed by atoms with Gasteiger partial charge in [0.1, 0.15) is 0 Å². The van der Waals surface area contributed by atoms with E-state index in [-0.39, 0.29) is 17.4 Å². The van der Waals surface area contributed by atoms with Crippen molar-refractivity contribution in [3.05, 3.63) is 65.9 Å². The Hall–Kier alpha value is -2.92. The van der Waals surface area contributed by atoms with Crippen LogP contribution in [0.15, 0.2) is 59.1 Å². The predicted molar refractivity (Wildman–Crippen MR) is 114 cm³/mol. The van der Waals surface area contributed by atoms with Crippen LogP contribution in [0, 0.1) is 12.3 Å². The molecular weight excluding hydrogens is 362 g/mol. The second-order valence-corrected chi connectivity index (χ2v) is 8.55. The van der Waals surface area contributed by atoms with Gasteiger partial charge in [-0.15, -0.1) is 0 Å². The van der Waals surface area contributed by atoms with Crippen LogP contribution in [-0.2, 0) is 0 Å². The zero-order chi connectivity index (χ0) is 20.6. The lowest BCUT2D eigenvalue weighted by atomic mass is 9.79. The molecule has 1 aliphatic heterocycles. The van der Waals surface area contributed by atoms with E-state index in [1.165, 1.54) is 5.56 Å². The van der Waals surface area contributed by atoms with Crippen molar-refractivity contribution in [2.75, 3.05) is 13.1 Å². The van der Waals surface area contributed by atoms with Gasteiger partial charge < -0.3 is 15.1 Å². The first kappa shape index (κ1) is 19.4. The van der Waals surface area contributed by atoms with Gasteiger partial charge in [-0.3, -0.25) is 4.79 Å². The Kier molecular flexibility index (Phi) is 5.01. The molecule has 0 saturated carbocycles. The zero-order valence-electron chi connectivity index (χ0n) is 17.2. The van der Waals surface area contributed by atoms with Crippen molar-refractivity contribution in [2.45, 2.75) is 33.2 Å². The summed E-state index contributed by atoms with van der Waals surface area (Å²) in [4.78, 5) is 19.7. The molecule has 29 heavy (non-hydrogen) atoms. The summed E-state index contributed by atoms with van der Waals surface area (Å²) in [5.74, 6) is 1.14. The molecule has 0 spiro atoms. The fraction of sp³-hybridized carbons (Fsp3) is 0.333. The summed E-state index contributed by atoms with van der Waals surface area (Å²) in [5.41, 5.74) is 9.60. The van der Waals surface area contributed by atoms with Crippen molar-refractivity contribution in [1.82, 2.24) is 9.88 Å². The summed E-state index contributed by atoms with van der Waals surface area (Å²) in [6, 6.07) is 15.7. The number of likely N-dealkylation sites (tertiary alicyclic amines) is 1. The zero-order valence-corrected chi connectivity index (χ0v) is 17.2. The number of piperidine rings is 1. The van der Waals surface area contributed by atoms with Gasteiger partial charge in [0.15, 0.2) is 5.76 Å². The van der Waals surface area contributed by atoms with E-state index in [2.05, 4.69) is 18.8 Å². The fourth-order valence-electron chi connectivity index (χ4n) is 3.82. The summed E-state index contributed by atoms with van der Waals surface area (Å²) >= 11 is 0. The molecule has 1 aromatic heterocycles. The van der Waals surface area contributed by atoms with Gasteiger partial charge in [-0.1, -0.05) is 55.8 Å². The average molecular weight is 389 g/mol.